The smallest absolute Gasteiger partial charge is 0.251 e. The lowest BCUT2D eigenvalue weighted by atomic mass is 10.1. The minimum atomic E-state index is -0.0431. The van der Waals surface area contributed by atoms with Crippen LogP contribution in [-0.4, -0.2) is 32.1 Å². The first-order valence-electron chi connectivity index (χ1n) is 6.09. The molecule has 1 fully saturated rings. The van der Waals surface area contributed by atoms with Crippen LogP contribution in [0.15, 0.2) is 24.3 Å². The summed E-state index contributed by atoms with van der Waals surface area (Å²) in [6.45, 7) is 2.15. The lowest BCUT2D eigenvalue weighted by Crippen LogP contribution is -2.35. The highest BCUT2D eigenvalue weighted by atomic mass is 16.1. The molecular weight excluding hydrogens is 214 g/mol. The number of carbonyl (C=O) groups excluding carboxylic acids is 1. The van der Waals surface area contributed by atoms with Crippen LogP contribution in [0.25, 0.3) is 0 Å². The molecule has 92 valence electrons. The van der Waals surface area contributed by atoms with E-state index >= 15 is 0 Å². The van der Waals surface area contributed by atoms with Crippen LogP contribution in [-0.2, 0) is 0 Å². The van der Waals surface area contributed by atoms with Crippen molar-refractivity contribution in [1.82, 2.24) is 10.6 Å². The topological polar surface area (TPSA) is 53.2 Å². The van der Waals surface area contributed by atoms with E-state index in [9.17, 15) is 4.79 Å². The van der Waals surface area contributed by atoms with Crippen molar-refractivity contribution in [2.45, 2.75) is 18.9 Å². The highest BCUT2D eigenvalue weighted by molar-refractivity contribution is 5.94. The third-order valence-electron chi connectivity index (χ3n) is 3.08. The van der Waals surface area contributed by atoms with E-state index in [1.165, 1.54) is 0 Å². The van der Waals surface area contributed by atoms with Crippen molar-refractivity contribution in [3.8, 4) is 0 Å². The molecule has 1 amide bonds. The molecule has 1 aliphatic heterocycles. The van der Waals surface area contributed by atoms with Gasteiger partial charge in [-0.3, -0.25) is 4.79 Å². The Morgan fingerprint density at radius 1 is 1.24 bits per heavy atom. The molecule has 4 nitrogen and oxygen atoms in total. The van der Waals surface area contributed by atoms with Gasteiger partial charge >= 0.3 is 0 Å². The second-order valence-corrected chi connectivity index (χ2v) is 4.33. The van der Waals surface area contributed by atoms with E-state index in [4.69, 9.17) is 0 Å². The number of amides is 1. The second-order valence-electron chi connectivity index (χ2n) is 4.33. The van der Waals surface area contributed by atoms with Gasteiger partial charge in [-0.05, 0) is 50.2 Å². The van der Waals surface area contributed by atoms with Crippen LogP contribution in [0.3, 0.4) is 0 Å². The number of hydrogen-bond acceptors (Lipinski definition) is 3. The van der Waals surface area contributed by atoms with E-state index in [-0.39, 0.29) is 5.91 Å². The Labute approximate surface area is 102 Å². The molecule has 4 heteroatoms. The summed E-state index contributed by atoms with van der Waals surface area (Å²) in [6.07, 6.45) is 2.30. The Balaban J connectivity index is 1.95. The number of nitrogens with one attached hydrogen (secondary N) is 3. The van der Waals surface area contributed by atoms with Gasteiger partial charge in [-0.25, -0.2) is 0 Å². The Morgan fingerprint density at radius 2 is 1.88 bits per heavy atom. The summed E-state index contributed by atoms with van der Waals surface area (Å²) in [5, 5.41) is 9.45. The largest absolute Gasteiger partial charge is 0.382 e. The van der Waals surface area contributed by atoms with Gasteiger partial charge in [0.25, 0.3) is 5.91 Å². The minimum Gasteiger partial charge on any atom is -0.382 e. The van der Waals surface area contributed by atoms with E-state index in [1.807, 2.05) is 24.3 Å². The highest BCUT2D eigenvalue weighted by Crippen LogP contribution is 2.14. The molecule has 0 unspecified atom stereocenters. The highest BCUT2D eigenvalue weighted by Gasteiger charge is 2.12. The summed E-state index contributed by atoms with van der Waals surface area (Å²) < 4.78 is 0. The first-order chi connectivity index (χ1) is 8.29. The maximum Gasteiger partial charge on any atom is 0.251 e. The molecule has 0 saturated carbocycles. The van der Waals surface area contributed by atoms with Crippen molar-refractivity contribution in [3.05, 3.63) is 29.8 Å². The molecule has 1 aliphatic rings. The lowest BCUT2D eigenvalue weighted by molar-refractivity contribution is 0.0963. The van der Waals surface area contributed by atoms with Gasteiger partial charge in [0.05, 0.1) is 0 Å². The Hall–Kier alpha value is -1.55. The zero-order chi connectivity index (χ0) is 12.1. The molecule has 0 aromatic heterocycles. The van der Waals surface area contributed by atoms with Crippen LogP contribution in [0.2, 0.25) is 0 Å². The number of piperidine rings is 1. The molecule has 0 spiro atoms. The van der Waals surface area contributed by atoms with E-state index in [0.717, 1.165) is 31.6 Å². The predicted octanol–water partition coefficient (Wildman–Crippen LogP) is 1.21. The van der Waals surface area contributed by atoms with Crippen molar-refractivity contribution in [2.24, 2.45) is 0 Å². The normalized spacial score (nSPS) is 16.5. The third-order valence-corrected chi connectivity index (χ3v) is 3.08. The summed E-state index contributed by atoms with van der Waals surface area (Å²) in [7, 11) is 1.64. The van der Waals surface area contributed by atoms with E-state index in [2.05, 4.69) is 16.0 Å². The third kappa shape index (κ3) is 3.20. The summed E-state index contributed by atoms with van der Waals surface area (Å²) >= 11 is 0. The molecule has 1 aromatic rings. The molecule has 17 heavy (non-hydrogen) atoms. The zero-order valence-corrected chi connectivity index (χ0v) is 10.1. The number of anilines is 1. The molecule has 1 heterocycles. The van der Waals surface area contributed by atoms with Crippen molar-refractivity contribution >= 4 is 11.6 Å². The van der Waals surface area contributed by atoms with E-state index < -0.39 is 0 Å². The number of carbonyl (C=O) groups is 1. The van der Waals surface area contributed by atoms with Crippen molar-refractivity contribution in [3.63, 3.8) is 0 Å². The first kappa shape index (κ1) is 11.9. The van der Waals surface area contributed by atoms with Gasteiger partial charge in [0, 0.05) is 24.3 Å². The summed E-state index contributed by atoms with van der Waals surface area (Å²) in [4.78, 5) is 11.4. The van der Waals surface area contributed by atoms with Crippen molar-refractivity contribution in [1.29, 1.82) is 0 Å². The average Bonchev–Trinajstić information content (AvgIpc) is 2.40. The SMILES string of the molecule is CNC(=O)c1ccc(NC2CCNCC2)cc1. The van der Waals surface area contributed by atoms with Crippen LogP contribution >= 0.6 is 0 Å². The molecule has 0 aliphatic carbocycles. The standard InChI is InChI=1S/C13H19N3O/c1-14-13(17)10-2-4-11(5-3-10)16-12-6-8-15-9-7-12/h2-5,12,15-16H,6-9H2,1H3,(H,14,17). The van der Waals surface area contributed by atoms with Gasteiger partial charge < -0.3 is 16.0 Å². The van der Waals surface area contributed by atoms with E-state index in [0.29, 0.717) is 11.6 Å². The Bertz CT molecular complexity index is 369. The molecule has 1 aromatic carbocycles. The van der Waals surface area contributed by atoms with Crippen LogP contribution in [0.1, 0.15) is 23.2 Å². The number of rotatable bonds is 3. The van der Waals surface area contributed by atoms with Gasteiger partial charge in [0.2, 0.25) is 0 Å². The average molecular weight is 233 g/mol. The molecule has 0 atom stereocenters. The molecular formula is C13H19N3O. The van der Waals surface area contributed by atoms with Crippen LogP contribution < -0.4 is 16.0 Å². The number of hydrogen-bond donors (Lipinski definition) is 3. The summed E-state index contributed by atoms with van der Waals surface area (Å²) in [5.41, 5.74) is 1.79. The summed E-state index contributed by atoms with van der Waals surface area (Å²) in [6, 6.07) is 8.17. The predicted molar refractivity (Wildman–Crippen MR) is 69.3 cm³/mol. The second kappa shape index (κ2) is 5.68. The molecule has 0 radical (unpaired) electrons. The first-order valence-corrected chi connectivity index (χ1v) is 6.09. The molecule has 2 rings (SSSR count). The molecule has 0 bridgehead atoms. The van der Waals surface area contributed by atoms with E-state index in [1.54, 1.807) is 7.05 Å². The van der Waals surface area contributed by atoms with Crippen LogP contribution in [0, 0.1) is 0 Å². The maximum absolute atomic E-state index is 11.4. The maximum atomic E-state index is 11.4. The lowest BCUT2D eigenvalue weighted by Gasteiger charge is -2.24. The minimum absolute atomic E-state index is 0.0431. The van der Waals surface area contributed by atoms with Gasteiger partial charge in [-0.2, -0.15) is 0 Å². The van der Waals surface area contributed by atoms with Gasteiger partial charge in [0.15, 0.2) is 0 Å². The molecule has 1 saturated heterocycles. The van der Waals surface area contributed by atoms with Crippen molar-refractivity contribution < 1.29 is 4.79 Å². The monoisotopic (exact) mass is 233 g/mol. The summed E-state index contributed by atoms with van der Waals surface area (Å²) in [5.74, 6) is -0.0431. The Kier molecular flexibility index (Phi) is 3.98. The Morgan fingerprint density at radius 3 is 2.47 bits per heavy atom. The quantitative estimate of drug-likeness (QED) is 0.735. The van der Waals surface area contributed by atoms with Gasteiger partial charge in [0.1, 0.15) is 0 Å². The van der Waals surface area contributed by atoms with Crippen LogP contribution in [0.5, 0.6) is 0 Å². The van der Waals surface area contributed by atoms with Crippen LogP contribution in [0.4, 0.5) is 5.69 Å². The fourth-order valence-electron chi connectivity index (χ4n) is 2.06. The molecule has 3 N–H and O–H groups in total. The fraction of sp³-hybridized carbons (Fsp3) is 0.462. The fourth-order valence-corrected chi connectivity index (χ4v) is 2.06. The zero-order valence-electron chi connectivity index (χ0n) is 10.1. The van der Waals surface area contributed by atoms with Crippen molar-refractivity contribution in [2.75, 3.05) is 25.5 Å². The number of benzene rings is 1. The van der Waals surface area contributed by atoms with Gasteiger partial charge in [-0.15, -0.1) is 0 Å². The van der Waals surface area contributed by atoms with Gasteiger partial charge in [-0.1, -0.05) is 0 Å².